The van der Waals surface area contributed by atoms with Crippen molar-refractivity contribution in [3.05, 3.63) is 59.4 Å². The molecule has 2 amide bonds. The van der Waals surface area contributed by atoms with Crippen LogP contribution in [0.5, 0.6) is 5.75 Å². The second-order valence-electron chi connectivity index (χ2n) is 6.52. The lowest BCUT2D eigenvalue weighted by Gasteiger charge is -2.24. The van der Waals surface area contributed by atoms with E-state index < -0.39 is 30.1 Å². The molecule has 142 valence electrons. The average Bonchev–Trinajstić information content (AvgIpc) is 3.10. The topological polar surface area (TPSA) is 123 Å². The molecule has 8 nitrogen and oxygen atoms in total. The first-order valence-electron chi connectivity index (χ1n) is 8.54. The Morgan fingerprint density at radius 1 is 1.15 bits per heavy atom. The van der Waals surface area contributed by atoms with Crippen LogP contribution in [0.1, 0.15) is 29.8 Å². The minimum Gasteiger partial charge on any atom is -0.508 e. The van der Waals surface area contributed by atoms with Crippen LogP contribution in [0, 0.1) is 0 Å². The summed E-state index contributed by atoms with van der Waals surface area (Å²) in [4.78, 5) is 30.2. The summed E-state index contributed by atoms with van der Waals surface area (Å²) in [5.74, 6) is -1.56. The SMILES string of the molecule is C[C@@H](NC(=O)[C@H](O)[C@@H](O)C(=O)N1Cc2cccnc2C1)c1cccc(O)c1. The molecule has 1 aromatic heterocycles. The van der Waals surface area contributed by atoms with Crippen LogP contribution in [0.3, 0.4) is 0 Å². The van der Waals surface area contributed by atoms with Crippen molar-refractivity contribution in [3.63, 3.8) is 0 Å². The molecule has 0 bridgehead atoms. The molecule has 1 aliphatic rings. The minimum absolute atomic E-state index is 0.0477. The highest BCUT2D eigenvalue weighted by atomic mass is 16.3. The summed E-state index contributed by atoms with van der Waals surface area (Å²) in [6.07, 6.45) is -2.17. The molecule has 1 aromatic carbocycles. The quantitative estimate of drug-likeness (QED) is 0.597. The lowest BCUT2D eigenvalue weighted by Crippen LogP contribution is -2.50. The van der Waals surface area contributed by atoms with E-state index >= 15 is 0 Å². The number of aromatic nitrogens is 1. The summed E-state index contributed by atoms with van der Waals surface area (Å²) in [5.41, 5.74) is 2.22. The van der Waals surface area contributed by atoms with Crippen LogP contribution >= 0.6 is 0 Å². The molecule has 8 heteroatoms. The van der Waals surface area contributed by atoms with E-state index in [1.807, 2.05) is 6.07 Å². The molecule has 0 radical (unpaired) electrons. The highest BCUT2D eigenvalue weighted by Crippen LogP contribution is 2.22. The highest BCUT2D eigenvalue weighted by Gasteiger charge is 2.36. The smallest absolute Gasteiger partial charge is 0.255 e. The van der Waals surface area contributed by atoms with Gasteiger partial charge in [0.05, 0.1) is 18.3 Å². The number of pyridine rings is 1. The summed E-state index contributed by atoms with van der Waals surface area (Å²) in [7, 11) is 0. The summed E-state index contributed by atoms with van der Waals surface area (Å²) < 4.78 is 0. The van der Waals surface area contributed by atoms with Gasteiger partial charge in [0.1, 0.15) is 5.75 Å². The summed E-state index contributed by atoms with van der Waals surface area (Å²) in [5, 5.41) is 32.3. The zero-order valence-electron chi connectivity index (χ0n) is 14.7. The molecule has 2 heterocycles. The number of aliphatic hydroxyl groups is 2. The van der Waals surface area contributed by atoms with Crippen molar-refractivity contribution < 1.29 is 24.9 Å². The van der Waals surface area contributed by atoms with E-state index in [1.165, 1.54) is 17.0 Å². The number of phenolic OH excluding ortho intramolecular Hbond substituents is 1. The van der Waals surface area contributed by atoms with E-state index in [9.17, 15) is 24.9 Å². The lowest BCUT2D eigenvalue weighted by molar-refractivity contribution is -0.153. The fourth-order valence-corrected chi connectivity index (χ4v) is 3.00. The average molecular weight is 371 g/mol. The zero-order valence-corrected chi connectivity index (χ0v) is 14.7. The molecule has 0 saturated heterocycles. The van der Waals surface area contributed by atoms with Gasteiger partial charge in [0.25, 0.3) is 11.8 Å². The van der Waals surface area contributed by atoms with Gasteiger partial charge in [-0.2, -0.15) is 0 Å². The number of hydrogen-bond donors (Lipinski definition) is 4. The Hall–Kier alpha value is -2.97. The van der Waals surface area contributed by atoms with Crippen LogP contribution in [0.4, 0.5) is 0 Å². The summed E-state index contributed by atoms with van der Waals surface area (Å²) in [6, 6.07) is 9.37. The van der Waals surface area contributed by atoms with Crippen molar-refractivity contribution in [2.45, 2.75) is 38.3 Å². The van der Waals surface area contributed by atoms with Crippen molar-refractivity contribution in [1.82, 2.24) is 15.2 Å². The number of aromatic hydroxyl groups is 1. The Morgan fingerprint density at radius 2 is 1.93 bits per heavy atom. The molecule has 0 aliphatic carbocycles. The maximum absolute atomic E-state index is 12.4. The van der Waals surface area contributed by atoms with Gasteiger partial charge in [-0.1, -0.05) is 18.2 Å². The summed E-state index contributed by atoms with van der Waals surface area (Å²) in [6.45, 7) is 2.16. The van der Waals surface area contributed by atoms with Crippen molar-refractivity contribution in [3.8, 4) is 5.75 Å². The second kappa shape index (κ2) is 7.73. The lowest BCUT2D eigenvalue weighted by atomic mass is 10.1. The van der Waals surface area contributed by atoms with Crippen LogP contribution in [-0.4, -0.2) is 49.2 Å². The van der Waals surface area contributed by atoms with Gasteiger partial charge in [-0.3, -0.25) is 14.6 Å². The molecule has 0 saturated carbocycles. The molecule has 0 fully saturated rings. The fourth-order valence-electron chi connectivity index (χ4n) is 3.00. The minimum atomic E-state index is -1.91. The fraction of sp³-hybridized carbons (Fsp3) is 0.316. The predicted molar refractivity (Wildman–Crippen MR) is 95.2 cm³/mol. The number of carbonyl (C=O) groups excluding carboxylic acids is 2. The van der Waals surface area contributed by atoms with Crippen molar-refractivity contribution >= 4 is 11.8 Å². The monoisotopic (exact) mass is 371 g/mol. The normalized spacial score (nSPS) is 16.3. The third kappa shape index (κ3) is 4.07. The molecule has 3 rings (SSSR count). The number of nitrogens with one attached hydrogen (secondary N) is 1. The molecule has 2 aromatic rings. The van der Waals surface area contributed by atoms with Gasteiger partial charge in [0.15, 0.2) is 12.2 Å². The first-order chi connectivity index (χ1) is 12.9. The van der Waals surface area contributed by atoms with E-state index in [-0.39, 0.29) is 18.8 Å². The molecule has 0 unspecified atom stereocenters. The van der Waals surface area contributed by atoms with Crippen molar-refractivity contribution in [2.24, 2.45) is 0 Å². The van der Waals surface area contributed by atoms with E-state index in [0.29, 0.717) is 5.56 Å². The van der Waals surface area contributed by atoms with E-state index in [4.69, 9.17) is 0 Å². The molecular weight excluding hydrogens is 350 g/mol. The number of rotatable bonds is 5. The number of phenols is 1. The van der Waals surface area contributed by atoms with Crippen LogP contribution in [0.25, 0.3) is 0 Å². The number of hydrogen-bond acceptors (Lipinski definition) is 6. The Kier molecular flexibility index (Phi) is 5.38. The molecular formula is C19H21N3O5. The number of aliphatic hydroxyl groups excluding tert-OH is 2. The third-order valence-electron chi connectivity index (χ3n) is 4.55. The van der Waals surface area contributed by atoms with Crippen LogP contribution < -0.4 is 5.32 Å². The molecule has 4 N–H and O–H groups in total. The molecule has 0 spiro atoms. The maximum Gasteiger partial charge on any atom is 0.255 e. The van der Waals surface area contributed by atoms with E-state index in [1.54, 1.807) is 31.3 Å². The second-order valence-corrected chi connectivity index (χ2v) is 6.52. The number of benzene rings is 1. The van der Waals surface area contributed by atoms with Crippen molar-refractivity contribution in [2.75, 3.05) is 0 Å². The Bertz CT molecular complexity index is 832. The number of amides is 2. The van der Waals surface area contributed by atoms with Gasteiger partial charge in [0, 0.05) is 12.7 Å². The van der Waals surface area contributed by atoms with E-state index in [0.717, 1.165) is 11.3 Å². The van der Waals surface area contributed by atoms with Crippen LogP contribution in [0.2, 0.25) is 0 Å². The van der Waals surface area contributed by atoms with E-state index in [2.05, 4.69) is 10.3 Å². The first kappa shape index (κ1) is 18.8. The summed E-state index contributed by atoms with van der Waals surface area (Å²) >= 11 is 0. The standard InChI is InChI=1S/C19H21N3O5/c1-11(12-4-2-6-14(23)8-12)21-18(26)16(24)17(25)19(27)22-9-13-5-3-7-20-15(13)10-22/h2-8,11,16-17,23-25H,9-10H2,1H3,(H,21,26)/t11-,16-,17-/m1/s1. The highest BCUT2D eigenvalue weighted by molar-refractivity contribution is 5.91. The third-order valence-corrected chi connectivity index (χ3v) is 4.55. The Balaban J connectivity index is 1.60. The van der Waals surface area contributed by atoms with Gasteiger partial charge < -0.3 is 25.5 Å². The molecule has 1 aliphatic heterocycles. The Labute approximate surface area is 156 Å². The molecule has 27 heavy (non-hydrogen) atoms. The van der Waals surface area contributed by atoms with Gasteiger partial charge in [-0.25, -0.2) is 0 Å². The van der Waals surface area contributed by atoms with Gasteiger partial charge in [-0.15, -0.1) is 0 Å². The zero-order chi connectivity index (χ0) is 19.6. The molecule has 3 atom stereocenters. The van der Waals surface area contributed by atoms with Gasteiger partial charge in [0.2, 0.25) is 0 Å². The van der Waals surface area contributed by atoms with Crippen molar-refractivity contribution in [1.29, 1.82) is 0 Å². The largest absolute Gasteiger partial charge is 0.508 e. The number of nitrogens with zero attached hydrogens (tertiary/aromatic N) is 2. The van der Waals surface area contributed by atoms with Crippen LogP contribution in [-0.2, 0) is 22.7 Å². The first-order valence-corrected chi connectivity index (χ1v) is 8.54. The van der Waals surface area contributed by atoms with Gasteiger partial charge in [-0.05, 0) is 36.2 Å². The predicted octanol–water partition coefficient (Wildman–Crippen LogP) is 0.229. The number of fused-ring (bicyclic) bond motifs is 1. The van der Waals surface area contributed by atoms with Crippen LogP contribution in [0.15, 0.2) is 42.6 Å². The number of carbonyl (C=O) groups is 2. The van der Waals surface area contributed by atoms with Gasteiger partial charge >= 0.3 is 0 Å². The maximum atomic E-state index is 12.4. The Morgan fingerprint density at radius 3 is 2.63 bits per heavy atom.